The van der Waals surface area contributed by atoms with Crippen LogP contribution in [0.15, 0.2) is 29.2 Å². The summed E-state index contributed by atoms with van der Waals surface area (Å²) in [6, 6.07) is 9.85. The minimum Gasteiger partial charge on any atom is -0.300 e. The number of thioether (sulfide) groups is 1. The van der Waals surface area contributed by atoms with E-state index in [9.17, 15) is 0 Å². The summed E-state index contributed by atoms with van der Waals surface area (Å²) >= 11 is 8.21. The second-order valence-corrected chi connectivity index (χ2v) is 6.94. The molecule has 2 aliphatic heterocycles. The largest absolute Gasteiger partial charge is 0.300 e. The Kier molecular flexibility index (Phi) is 3.38. The molecule has 3 rings (SSSR count). The topological polar surface area (TPSA) is 3.24 Å². The van der Waals surface area contributed by atoms with Crippen LogP contribution in [0.1, 0.15) is 25.7 Å². The molecular formula is C14H18ClNS. The van der Waals surface area contributed by atoms with Gasteiger partial charge in [0.05, 0.1) is 5.02 Å². The van der Waals surface area contributed by atoms with E-state index in [1.807, 2.05) is 23.9 Å². The van der Waals surface area contributed by atoms with Gasteiger partial charge in [-0.25, -0.2) is 0 Å². The van der Waals surface area contributed by atoms with Gasteiger partial charge in [0.25, 0.3) is 0 Å². The highest BCUT2D eigenvalue weighted by Crippen LogP contribution is 2.42. The zero-order valence-corrected chi connectivity index (χ0v) is 11.7. The van der Waals surface area contributed by atoms with Gasteiger partial charge in [-0.05, 0) is 44.9 Å². The first kappa shape index (κ1) is 11.9. The molecule has 0 radical (unpaired) electrons. The number of rotatable bonds is 2. The van der Waals surface area contributed by atoms with Crippen molar-refractivity contribution in [1.82, 2.24) is 4.90 Å². The Morgan fingerprint density at radius 2 is 1.82 bits per heavy atom. The predicted molar refractivity (Wildman–Crippen MR) is 74.9 cm³/mol. The van der Waals surface area contributed by atoms with E-state index in [1.165, 1.54) is 30.6 Å². The number of piperidine rings is 1. The molecule has 2 fully saturated rings. The number of hydrogen-bond donors (Lipinski definition) is 0. The molecule has 1 aromatic rings. The van der Waals surface area contributed by atoms with Gasteiger partial charge in [-0.3, -0.25) is 0 Å². The van der Waals surface area contributed by atoms with Gasteiger partial charge in [0.1, 0.15) is 0 Å². The summed E-state index contributed by atoms with van der Waals surface area (Å²) in [5.41, 5.74) is 0. The maximum atomic E-state index is 6.23. The van der Waals surface area contributed by atoms with E-state index in [1.54, 1.807) is 0 Å². The Morgan fingerprint density at radius 1 is 1.18 bits per heavy atom. The third-order valence-electron chi connectivity index (χ3n) is 4.19. The lowest BCUT2D eigenvalue weighted by atomic mass is 10.0. The molecule has 92 valence electrons. The van der Waals surface area contributed by atoms with E-state index in [-0.39, 0.29) is 0 Å². The Hall–Kier alpha value is -0.180. The highest BCUT2D eigenvalue weighted by molar-refractivity contribution is 8.00. The van der Waals surface area contributed by atoms with Gasteiger partial charge in [-0.1, -0.05) is 23.7 Å². The zero-order chi connectivity index (χ0) is 11.8. The monoisotopic (exact) mass is 267 g/mol. The van der Waals surface area contributed by atoms with Gasteiger partial charge in [0, 0.05) is 22.2 Å². The smallest absolute Gasteiger partial charge is 0.0541 e. The number of fused-ring (bicyclic) bond motifs is 2. The van der Waals surface area contributed by atoms with Crippen LogP contribution in [-0.2, 0) is 0 Å². The van der Waals surface area contributed by atoms with E-state index >= 15 is 0 Å². The Bertz CT molecular complexity index is 395. The molecule has 1 aromatic carbocycles. The van der Waals surface area contributed by atoms with Gasteiger partial charge < -0.3 is 4.90 Å². The molecule has 0 N–H and O–H groups in total. The summed E-state index contributed by atoms with van der Waals surface area (Å²) < 4.78 is 0. The highest BCUT2D eigenvalue weighted by Gasteiger charge is 2.38. The molecule has 0 aliphatic carbocycles. The molecule has 2 bridgehead atoms. The van der Waals surface area contributed by atoms with Crippen molar-refractivity contribution in [3.8, 4) is 0 Å². The maximum absolute atomic E-state index is 6.23. The number of hydrogen-bond acceptors (Lipinski definition) is 2. The van der Waals surface area contributed by atoms with Gasteiger partial charge in [0.2, 0.25) is 0 Å². The van der Waals surface area contributed by atoms with Gasteiger partial charge in [0.15, 0.2) is 0 Å². The first-order valence-electron chi connectivity index (χ1n) is 6.37. The SMILES string of the molecule is CN1[C@@H]2CC[C@H]1C[C@H](Sc1ccccc1Cl)C2. The van der Waals surface area contributed by atoms with Crippen LogP contribution in [0.3, 0.4) is 0 Å². The molecule has 2 heterocycles. The third kappa shape index (κ3) is 2.35. The molecule has 0 spiro atoms. The van der Waals surface area contributed by atoms with Gasteiger partial charge in [-0.2, -0.15) is 0 Å². The number of halogens is 1. The molecular weight excluding hydrogens is 250 g/mol. The second-order valence-electron chi connectivity index (χ2n) is 5.19. The van der Waals surface area contributed by atoms with Crippen LogP contribution in [0.25, 0.3) is 0 Å². The van der Waals surface area contributed by atoms with Crippen LogP contribution in [0.2, 0.25) is 5.02 Å². The van der Waals surface area contributed by atoms with Crippen molar-refractivity contribution in [3.63, 3.8) is 0 Å². The van der Waals surface area contributed by atoms with Crippen molar-refractivity contribution in [2.24, 2.45) is 0 Å². The first-order chi connectivity index (χ1) is 8.24. The van der Waals surface area contributed by atoms with Crippen LogP contribution in [0, 0.1) is 0 Å². The number of benzene rings is 1. The highest BCUT2D eigenvalue weighted by atomic mass is 35.5. The van der Waals surface area contributed by atoms with Crippen LogP contribution in [0.5, 0.6) is 0 Å². The fourth-order valence-corrected chi connectivity index (χ4v) is 4.78. The molecule has 0 unspecified atom stereocenters. The minimum absolute atomic E-state index is 0.753. The normalized spacial score (nSPS) is 32.9. The fourth-order valence-electron chi connectivity index (χ4n) is 3.18. The van der Waals surface area contributed by atoms with E-state index in [4.69, 9.17) is 11.6 Å². The van der Waals surface area contributed by atoms with Gasteiger partial charge >= 0.3 is 0 Å². The lowest BCUT2D eigenvalue weighted by Crippen LogP contribution is -2.40. The van der Waals surface area contributed by atoms with Crippen LogP contribution >= 0.6 is 23.4 Å². The summed E-state index contributed by atoms with van der Waals surface area (Å²) in [6.45, 7) is 0. The molecule has 2 saturated heterocycles. The predicted octanol–water partition coefficient (Wildman–Crippen LogP) is 4.06. The van der Waals surface area contributed by atoms with Gasteiger partial charge in [-0.15, -0.1) is 11.8 Å². The minimum atomic E-state index is 0.753. The zero-order valence-electron chi connectivity index (χ0n) is 10.1. The molecule has 0 aromatic heterocycles. The van der Waals surface area contributed by atoms with Crippen molar-refractivity contribution in [2.45, 2.75) is 47.9 Å². The van der Waals surface area contributed by atoms with Crippen molar-refractivity contribution in [3.05, 3.63) is 29.3 Å². The van der Waals surface area contributed by atoms with E-state index in [2.05, 4.69) is 24.1 Å². The molecule has 2 aliphatic rings. The molecule has 1 nitrogen and oxygen atoms in total. The summed E-state index contributed by atoms with van der Waals surface area (Å²) in [5, 5.41) is 1.66. The standard InChI is InChI=1S/C14H18ClNS/c1-16-10-6-7-11(16)9-12(8-10)17-14-5-3-2-4-13(14)15/h2-5,10-12H,6-9H2,1H3/t10-,11+,12-. The molecule has 0 amide bonds. The summed E-state index contributed by atoms with van der Waals surface area (Å²) in [7, 11) is 2.29. The lowest BCUT2D eigenvalue weighted by molar-refractivity contribution is 0.183. The molecule has 17 heavy (non-hydrogen) atoms. The van der Waals surface area contributed by atoms with Crippen LogP contribution in [0.4, 0.5) is 0 Å². The first-order valence-corrected chi connectivity index (χ1v) is 7.63. The third-order valence-corrected chi connectivity index (χ3v) is 5.96. The van der Waals surface area contributed by atoms with Crippen molar-refractivity contribution >= 4 is 23.4 Å². The van der Waals surface area contributed by atoms with Crippen molar-refractivity contribution < 1.29 is 0 Å². The Labute approximate surface area is 113 Å². The Morgan fingerprint density at radius 3 is 2.47 bits per heavy atom. The lowest BCUT2D eigenvalue weighted by Gasteiger charge is -2.36. The average Bonchev–Trinajstić information content (AvgIpc) is 2.55. The van der Waals surface area contributed by atoms with E-state index in [0.717, 1.165) is 22.4 Å². The maximum Gasteiger partial charge on any atom is 0.0541 e. The molecule has 3 heteroatoms. The second kappa shape index (κ2) is 4.83. The molecule has 3 atom stereocenters. The quantitative estimate of drug-likeness (QED) is 0.795. The Balaban J connectivity index is 1.70. The average molecular weight is 268 g/mol. The van der Waals surface area contributed by atoms with E-state index in [0.29, 0.717) is 0 Å². The number of nitrogens with zero attached hydrogens (tertiary/aromatic N) is 1. The molecule has 0 saturated carbocycles. The summed E-state index contributed by atoms with van der Waals surface area (Å²) in [6.07, 6.45) is 5.42. The van der Waals surface area contributed by atoms with E-state index < -0.39 is 0 Å². The van der Waals surface area contributed by atoms with Crippen LogP contribution < -0.4 is 0 Å². The summed E-state index contributed by atoms with van der Waals surface area (Å²) in [4.78, 5) is 3.84. The van der Waals surface area contributed by atoms with Crippen molar-refractivity contribution in [2.75, 3.05) is 7.05 Å². The van der Waals surface area contributed by atoms with Crippen LogP contribution in [-0.4, -0.2) is 29.3 Å². The fraction of sp³-hybridized carbons (Fsp3) is 0.571. The van der Waals surface area contributed by atoms with Crippen molar-refractivity contribution in [1.29, 1.82) is 0 Å². The summed E-state index contributed by atoms with van der Waals surface area (Å²) in [5.74, 6) is 0.